The van der Waals surface area contributed by atoms with Crippen LogP contribution in [0.15, 0.2) is 35.5 Å². The van der Waals surface area contributed by atoms with Gasteiger partial charge in [0.15, 0.2) is 0 Å². The summed E-state index contributed by atoms with van der Waals surface area (Å²) < 4.78 is 0. The average molecular weight is 120 g/mol. The molecule has 1 radical (unpaired) electrons. The standard InChI is InChI=1S/C7H6NO/c9-8-6-7-4-2-1-3-5-7/h1-6H/b8-6+. The van der Waals surface area contributed by atoms with E-state index in [0.717, 1.165) is 5.56 Å². The largest absolute Gasteiger partial charge is 0.145 e. The van der Waals surface area contributed by atoms with Crippen LogP contribution in [0.5, 0.6) is 0 Å². The van der Waals surface area contributed by atoms with E-state index in [1.165, 1.54) is 6.21 Å². The van der Waals surface area contributed by atoms with Crippen molar-refractivity contribution in [1.29, 1.82) is 0 Å². The molecule has 45 valence electrons. The fourth-order valence-electron chi connectivity index (χ4n) is 0.600. The van der Waals surface area contributed by atoms with Gasteiger partial charge >= 0.3 is 0 Å². The van der Waals surface area contributed by atoms with Gasteiger partial charge in [-0.25, -0.2) is 0 Å². The zero-order valence-electron chi connectivity index (χ0n) is 4.82. The van der Waals surface area contributed by atoms with Crippen LogP contribution in [0.4, 0.5) is 0 Å². The Morgan fingerprint density at radius 2 is 1.89 bits per heavy atom. The van der Waals surface area contributed by atoms with Gasteiger partial charge in [-0.05, 0) is 10.7 Å². The maximum Gasteiger partial charge on any atom is 0.0787 e. The molecule has 0 fully saturated rings. The molecule has 9 heavy (non-hydrogen) atoms. The summed E-state index contributed by atoms with van der Waals surface area (Å²) in [5, 5.41) is 12.3. The lowest BCUT2D eigenvalue weighted by atomic mass is 10.2. The number of benzene rings is 1. The fraction of sp³-hybridized carbons (Fsp3) is 0. The third-order valence-electron chi connectivity index (χ3n) is 1.00. The Morgan fingerprint density at radius 1 is 1.22 bits per heavy atom. The van der Waals surface area contributed by atoms with Crippen molar-refractivity contribution in [3.05, 3.63) is 35.9 Å². The summed E-state index contributed by atoms with van der Waals surface area (Å²) in [5.74, 6) is 0. The summed E-state index contributed by atoms with van der Waals surface area (Å²) in [7, 11) is 0. The molecule has 1 aromatic rings. The van der Waals surface area contributed by atoms with E-state index >= 15 is 0 Å². The number of nitrogens with zero attached hydrogens (tertiary/aromatic N) is 1. The van der Waals surface area contributed by atoms with E-state index < -0.39 is 0 Å². The van der Waals surface area contributed by atoms with E-state index in [1.807, 2.05) is 30.3 Å². The number of hydrogen-bond acceptors (Lipinski definition) is 1. The lowest BCUT2D eigenvalue weighted by Gasteiger charge is -1.84. The summed E-state index contributed by atoms with van der Waals surface area (Å²) in [6.07, 6.45) is 1.28. The Hall–Kier alpha value is -1.31. The minimum atomic E-state index is 0.840. The van der Waals surface area contributed by atoms with Crippen LogP contribution in [0, 0.1) is 0 Å². The highest BCUT2D eigenvalue weighted by Crippen LogP contribution is 1.92. The lowest BCUT2D eigenvalue weighted by molar-refractivity contribution is 0.211. The Kier molecular flexibility index (Phi) is 1.85. The van der Waals surface area contributed by atoms with Gasteiger partial charge in [0.2, 0.25) is 0 Å². The molecule has 1 rings (SSSR count). The molecule has 0 saturated heterocycles. The molecule has 0 aliphatic carbocycles. The van der Waals surface area contributed by atoms with E-state index in [4.69, 9.17) is 0 Å². The molecule has 1 aromatic carbocycles. The molecule has 0 aliphatic rings. The lowest BCUT2D eigenvalue weighted by Crippen LogP contribution is -1.75. The van der Waals surface area contributed by atoms with Gasteiger partial charge in [0, 0.05) is 0 Å². The van der Waals surface area contributed by atoms with E-state index in [9.17, 15) is 5.21 Å². The minimum absolute atomic E-state index is 0.840. The molecule has 2 heteroatoms. The maximum absolute atomic E-state index is 9.67. The molecular weight excluding hydrogens is 114 g/mol. The minimum Gasteiger partial charge on any atom is -0.145 e. The zero-order valence-corrected chi connectivity index (χ0v) is 4.82. The van der Waals surface area contributed by atoms with Crippen molar-refractivity contribution < 1.29 is 5.21 Å². The molecule has 0 aliphatic heterocycles. The summed E-state index contributed by atoms with van der Waals surface area (Å²) in [5.41, 5.74) is 0.840. The van der Waals surface area contributed by atoms with Crippen LogP contribution >= 0.6 is 0 Å². The van der Waals surface area contributed by atoms with Crippen molar-refractivity contribution in [1.82, 2.24) is 0 Å². The normalized spacial score (nSPS) is 10.2. The monoisotopic (exact) mass is 120 g/mol. The van der Waals surface area contributed by atoms with Gasteiger partial charge in [-0.3, -0.25) is 0 Å². The highest BCUT2D eigenvalue weighted by Gasteiger charge is 1.80. The predicted molar refractivity (Wildman–Crippen MR) is 34.7 cm³/mol. The van der Waals surface area contributed by atoms with Gasteiger partial charge < -0.3 is 0 Å². The molecular formula is C7H6NO. The molecule has 0 aromatic heterocycles. The number of rotatable bonds is 1. The van der Waals surface area contributed by atoms with Crippen molar-refractivity contribution in [2.75, 3.05) is 0 Å². The Labute approximate surface area is 53.4 Å². The molecule has 0 unspecified atom stereocenters. The third kappa shape index (κ3) is 1.57. The first kappa shape index (κ1) is 5.82. The van der Waals surface area contributed by atoms with Gasteiger partial charge in [0.05, 0.1) is 6.21 Å². The molecule has 0 atom stereocenters. The molecule has 0 bridgehead atoms. The second-order valence-corrected chi connectivity index (χ2v) is 1.65. The molecule has 2 nitrogen and oxygen atoms in total. The van der Waals surface area contributed by atoms with Crippen molar-refractivity contribution in [2.45, 2.75) is 0 Å². The van der Waals surface area contributed by atoms with Gasteiger partial charge in [-0.1, -0.05) is 30.3 Å². The molecule has 0 spiro atoms. The van der Waals surface area contributed by atoms with Crippen molar-refractivity contribution in [2.24, 2.45) is 5.16 Å². The Bertz CT molecular complexity index is 193. The zero-order chi connectivity index (χ0) is 6.53. The number of hydrogen-bond donors (Lipinski definition) is 0. The van der Waals surface area contributed by atoms with Crippen molar-refractivity contribution in [3.8, 4) is 0 Å². The second kappa shape index (κ2) is 2.87. The third-order valence-corrected chi connectivity index (χ3v) is 1.00. The second-order valence-electron chi connectivity index (χ2n) is 1.65. The molecule has 0 saturated carbocycles. The first-order valence-electron chi connectivity index (χ1n) is 2.64. The first-order chi connectivity index (χ1) is 4.43. The van der Waals surface area contributed by atoms with Crippen LogP contribution in [-0.4, -0.2) is 6.21 Å². The van der Waals surface area contributed by atoms with E-state index in [0.29, 0.717) is 0 Å². The summed E-state index contributed by atoms with van der Waals surface area (Å²) in [6, 6.07) is 9.25. The van der Waals surface area contributed by atoms with Crippen molar-refractivity contribution in [3.63, 3.8) is 0 Å². The van der Waals surface area contributed by atoms with E-state index in [-0.39, 0.29) is 0 Å². The van der Waals surface area contributed by atoms with Crippen LogP contribution in [0.1, 0.15) is 5.56 Å². The van der Waals surface area contributed by atoms with Gasteiger partial charge in [-0.15, -0.1) is 5.21 Å². The van der Waals surface area contributed by atoms with Gasteiger partial charge in [0.1, 0.15) is 0 Å². The smallest absolute Gasteiger partial charge is 0.0787 e. The SMILES string of the molecule is [O]/N=C/c1ccccc1. The van der Waals surface area contributed by atoms with Gasteiger partial charge in [-0.2, -0.15) is 0 Å². The first-order valence-corrected chi connectivity index (χ1v) is 2.64. The summed E-state index contributed by atoms with van der Waals surface area (Å²) in [4.78, 5) is 0. The highest BCUT2D eigenvalue weighted by atomic mass is 16.4. The molecule has 0 N–H and O–H groups in total. The van der Waals surface area contributed by atoms with Crippen molar-refractivity contribution >= 4 is 6.21 Å². The van der Waals surface area contributed by atoms with E-state index in [1.54, 1.807) is 0 Å². The topological polar surface area (TPSA) is 32.3 Å². The predicted octanol–water partition coefficient (Wildman–Crippen LogP) is 1.45. The highest BCUT2D eigenvalue weighted by molar-refractivity contribution is 5.78. The quantitative estimate of drug-likeness (QED) is 0.397. The van der Waals surface area contributed by atoms with Crippen LogP contribution in [-0.2, 0) is 5.21 Å². The van der Waals surface area contributed by atoms with Crippen LogP contribution < -0.4 is 0 Å². The molecule has 0 amide bonds. The van der Waals surface area contributed by atoms with Gasteiger partial charge in [0.25, 0.3) is 0 Å². The molecule has 0 heterocycles. The van der Waals surface area contributed by atoms with Crippen LogP contribution in [0.3, 0.4) is 0 Å². The fourth-order valence-corrected chi connectivity index (χ4v) is 0.600. The summed E-state index contributed by atoms with van der Waals surface area (Å²) in [6.45, 7) is 0. The van der Waals surface area contributed by atoms with E-state index in [2.05, 4.69) is 5.16 Å². The van der Waals surface area contributed by atoms with Crippen LogP contribution in [0.2, 0.25) is 0 Å². The average Bonchev–Trinajstić information content (AvgIpc) is 1.91. The van der Waals surface area contributed by atoms with Crippen LogP contribution in [0.25, 0.3) is 0 Å². The Morgan fingerprint density at radius 3 is 2.44 bits per heavy atom. The summed E-state index contributed by atoms with van der Waals surface area (Å²) >= 11 is 0. The maximum atomic E-state index is 9.67. The Balaban J connectivity index is 2.85.